The van der Waals surface area contributed by atoms with Gasteiger partial charge in [-0.2, -0.15) is 0 Å². The van der Waals surface area contributed by atoms with Crippen LogP contribution in [0.25, 0.3) is 6.08 Å². The van der Waals surface area contributed by atoms with E-state index < -0.39 is 0 Å². The molecule has 0 bridgehead atoms. The predicted molar refractivity (Wildman–Crippen MR) is 144 cm³/mol. The zero-order chi connectivity index (χ0) is 24.6. The molecular formula is C27H25BrN2O4S. The Hall–Kier alpha value is -3.07. The first-order chi connectivity index (χ1) is 17.1. The number of aliphatic imine (C=N–C) groups is 1. The van der Waals surface area contributed by atoms with Crippen LogP contribution in [0, 0.1) is 0 Å². The lowest BCUT2D eigenvalue weighted by molar-refractivity contribution is -0.122. The molecule has 1 aliphatic heterocycles. The van der Waals surface area contributed by atoms with Gasteiger partial charge in [0.1, 0.15) is 6.61 Å². The number of carbonyl (C=O) groups excluding carboxylic acids is 1. The third-order valence-corrected chi connectivity index (χ3v) is 6.76. The monoisotopic (exact) mass is 552 g/mol. The van der Waals surface area contributed by atoms with Crippen molar-refractivity contribution < 1.29 is 19.0 Å². The molecule has 0 aliphatic carbocycles. The maximum atomic E-state index is 13.2. The zero-order valence-corrected chi connectivity index (χ0v) is 21.8. The van der Waals surface area contributed by atoms with Crippen molar-refractivity contribution in [3.8, 4) is 11.5 Å². The highest BCUT2D eigenvalue weighted by Crippen LogP contribution is 2.40. The van der Waals surface area contributed by atoms with Gasteiger partial charge in [-0.15, -0.1) is 0 Å². The number of nitrogens with zero attached hydrogens (tertiary/aromatic N) is 2. The van der Waals surface area contributed by atoms with Crippen molar-refractivity contribution >= 4 is 50.5 Å². The Morgan fingerprint density at radius 2 is 1.74 bits per heavy atom. The SMILES string of the molecule is COCCN1C(=O)C(=Cc2cc(Br)c(OCc3ccccc3)c(OC)c2)SC1=Nc1ccccc1. The predicted octanol–water partition coefficient (Wildman–Crippen LogP) is 6.29. The van der Waals surface area contributed by atoms with Gasteiger partial charge >= 0.3 is 0 Å². The van der Waals surface area contributed by atoms with Gasteiger partial charge in [-0.25, -0.2) is 4.99 Å². The number of amidine groups is 1. The third kappa shape index (κ3) is 6.33. The summed E-state index contributed by atoms with van der Waals surface area (Å²) in [5.74, 6) is 1.07. The van der Waals surface area contributed by atoms with Gasteiger partial charge in [0.25, 0.3) is 5.91 Å². The average Bonchev–Trinajstić information content (AvgIpc) is 3.16. The number of ether oxygens (including phenoxy) is 3. The van der Waals surface area contributed by atoms with Crippen LogP contribution in [0.3, 0.4) is 0 Å². The molecule has 1 fully saturated rings. The van der Waals surface area contributed by atoms with E-state index in [9.17, 15) is 4.79 Å². The van der Waals surface area contributed by atoms with E-state index in [1.54, 1.807) is 19.1 Å². The standard InChI is InChI=1S/C27H25BrN2O4S/c1-32-14-13-30-26(31)24(35-27(30)29-21-11-7-4-8-12-21)17-20-15-22(28)25(23(16-20)33-2)34-18-19-9-5-3-6-10-19/h3-12,15-17H,13-14,18H2,1-2H3. The first kappa shape index (κ1) is 25.0. The van der Waals surface area contributed by atoms with Crippen molar-refractivity contribution in [2.75, 3.05) is 27.4 Å². The van der Waals surface area contributed by atoms with E-state index in [1.807, 2.05) is 78.9 Å². The van der Waals surface area contributed by atoms with Crippen LogP contribution in [0.4, 0.5) is 5.69 Å². The molecule has 180 valence electrons. The molecule has 35 heavy (non-hydrogen) atoms. The summed E-state index contributed by atoms with van der Waals surface area (Å²) >= 11 is 4.94. The molecule has 0 aromatic heterocycles. The second-order valence-electron chi connectivity index (χ2n) is 7.60. The van der Waals surface area contributed by atoms with Crippen molar-refractivity contribution in [2.45, 2.75) is 6.61 Å². The maximum Gasteiger partial charge on any atom is 0.266 e. The van der Waals surface area contributed by atoms with E-state index in [4.69, 9.17) is 14.2 Å². The molecule has 1 saturated heterocycles. The average molecular weight is 553 g/mol. The Morgan fingerprint density at radius 3 is 2.43 bits per heavy atom. The molecule has 0 radical (unpaired) electrons. The van der Waals surface area contributed by atoms with Crippen LogP contribution in [0.2, 0.25) is 0 Å². The number of halogens is 1. The molecule has 6 nitrogen and oxygen atoms in total. The summed E-state index contributed by atoms with van der Waals surface area (Å²) in [6.07, 6.45) is 1.84. The fourth-order valence-electron chi connectivity index (χ4n) is 3.43. The van der Waals surface area contributed by atoms with Crippen molar-refractivity contribution in [2.24, 2.45) is 4.99 Å². The summed E-state index contributed by atoms with van der Waals surface area (Å²) in [6.45, 7) is 1.25. The molecular weight excluding hydrogens is 528 g/mol. The normalized spacial score (nSPS) is 15.7. The highest BCUT2D eigenvalue weighted by atomic mass is 79.9. The zero-order valence-electron chi connectivity index (χ0n) is 19.4. The van der Waals surface area contributed by atoms with Gasteiger partial charge in [0, 0.05) is 7.11 Å². The molecule has 1 aliphatic rings. The van der Waals surface area contributed by atoms with Crippen molar-refractivity contribution in [1.29, 1.82) is 0 Å². The first-order valence-corrected chi connectivity index (χ1v) is 12.6. The minimum atomic E-state index is -0.110. The number of rotatable bonds is 9. The van der Waals surface area contributed by atoms with Crippen LogP contribution in [0.15, 0.2) is 87.2 Å². The van der Waals surface area contributed by atoms with Crippen molar-refractivity contribution in [3.05, 3.63) is 93.3 Å². The molecule has 3 aromatic carbocycles. The smallest absolute Gasteiger partial charge is 0.266 e. The lowest BCUT2D eigenvalue weighted by atomic mass is 10.1. The summed E-state index contributed by atoms with van der Waals surface area (Å²) in [6, 6.07) is 23.3. The number of para-hydroxylation sites is 1. The van der Waals surface area contributed by atoms with Crippen molar-refractivity contribution in [1.82, 2.24) is 4.90 Å². The maximum absolute atomic E-state index is 13.2. The quantitative estimate of drug-likeness (QED) is 0.292. The molecule has 0 atom stereocenters. The molecule has 8 heteroatoms. The number of carbonyl (C=O) groups is 1. The van der Waals surface area contributed by atoms with Crippen LogP contribution in [0.5, 0.6) is 11.5 Å². The summed E-state index contributed by atoms with van der Waals surface area (Å²) in [5, 5.41) is 0.623. The van der Waals surface area contributed by atoms with Crippen LogP contribution in [-0.4, -0.2) is 43.3 Å². The minimum Gasteiger partial charge on any atom is -0.493 e. The van der Waals surface area contributed by atoms with Crippen LogP contribution in [-0.2, 0) is 16.1 Å². The largest absolute Gasteiger partial charge is 0.493 e. The topological polar surface area (TPSA) is 60.4 Å². The first-order valence-electron chi connectivity index (χ1n) is 11.0. The Morgan fingerprint density at radius 1 is 1.03 bits per heavy atom. The van der Waals surface area contributed by atoms with Gasteiger partial charge in [0.2, 0.25) is 0 Å². The third-order valence-electron chi connectivity index (χ3n) is 5.16. The van der Waals surface area contributed by atoms with E-state index in [0.717, 1.165) is 21.3 Å². The number of hydrogen-bond donors (Lipinski definition) is 0. The van der Waals surface area contributed by atoms with E-state index in [2.05, 4.69) is 20.9 Å². The Bertz CT molecular complexity index is 1230. The second kappa shape index (κ2) is 12.1. The van der Waals surface area contributed by atoms with Gasteiger partial charge in [0.05, 0.1) is 35.3 Å². The van der Waals surface area contributed by atoms with Crippen LogP contribution < -0.4 is 9.47 Å². The summed E-state index contributed by atoms with van der Waals surface area (Å²) in [7, 11) is 3.21. The molecule has 1 heterocycles. The summed E-state index contributed by atoms with van der Waals surface area (Å²) < 4.78 is 17.6. The Kier molecular flexibility index (Phi) is 8.63. The lowest BCUT2D eigenvalue weighted by Crippen LogP contribution is -2.32. The molecule has 0 N–H and O–H groups in total. The van der Waals surface area contributed by atoms with Crippen LogP contribution in [0.1, 0.15) is 11.1 Å². The number of methoxy groups -OCH3 is 2. The number of amides is 1. The minimum absolute atomic E-state index is 0.110. The van der Waals surface area contributed by atoms with Gasteiger partial charge in [-0.05, 0) is 69.2 Å². The van der Waals surface area contributed by atoms with Gasteiger partial charge in [-0.3, -0.25) is 9.69 Å². The number of thioether (sulfide) groups is 1. The lowest BCUT2D eigenvalue weighted by Gasteiger charge is -2.15. The molecule has 1 amide bonds. The summed E-state index contributed by atoms with van der Waals surface area (Å²) in [5.41, 5.74) is 2.65. The van der Waals surface area contributed by atoms with E-state index in [1.165, 1.54) is 11.8 Å². The van der Waals surface area contributed by atoms with Gasteiger partial charge in [0.15, 0.2) is 16.7 Å². The highest BCUT2D eigenvalue weighted by molar-refractivity contribution is 9.10. The Balaban J connectivity index is 1.60. The molecule has 4 rings (SSSR count). The van der Waals surface area contributed by atoms with E-state index in [0.29, 0.717) is 41.3 Å². The fraction of sp³-hybridized carbons (Fsp3) is 0.185. The van der Waals surface area contributed by atoms with Gasteiger partial charge < -0.3 is 14.2 Å². The van der Waals surface area contributed by atoms with E-state index >= 15 is 0 Å². The molecule has 0 unspecified atom stereocenters. The molecule has 0 saturated carbocycles. The number of benzene rings is 3. The van der Waals surface area contributed by atoms with Crippen LogP contribution >= 0.6 is 27.7 Å². The highest BCUT2D eigenvalue weighted by Gasteiger charge is 2.33. The Labute approximate surface area is 217 Å². The van der Waals surface area contributed by atoms with Crippen molar-refractivity contribution in [3.63, 3.8) is 0 Å². The summed E-state index contributed by atoms with van der Waals surface area (Å²) in [4.78, 5) is 20.1. The second-order valence-corrected chi connectivity index (χ2v) is 9.46. The fourth-order valence-corrected chi connectivity index (χ4v) is 5.03. The molecule has 0 spiro atoms. The van der Waals surface area contributed by atoms with Gasteiger partial charge in [-0.1, -0.05) is 48.5 Å². The van der Waals surface area contributed by atoms with E-state index in [-0.39, 0.29) is 5.91 Å². The number of hydrogen-bond acceptors (Lipinski definition) is 6. The molecule has 3 aromatic rings.